The quantitative estimate of drug-likeness (QED) is 0.0320. The second-order valence-corrected chi connectivity index (χ2v) is 24.2. The highest BCUT2D eigenvalue weighted by molar-refractivity contribution is 5.76. The molecule has 456 valence electrons. The lowest BCUT2D eigenvalue weighted by Gasteiger charge is -2.20. The van der Waals surface area contributed by atoms with E-state index in [0.29, 0.717) is 19.4 Å². The number of rotatable bonds is 66. The van der Waals surface area contributed by atoms with E-state index in [2.05, 4.69) is 31.3 Å². The first-order valence-electron chi connectivity index (χ1n) is 35.1. The van der Waals surface area contributed by atoms with E-state index in [1.807, 2.05) is 6.08 Å². The Morgan fingerprint density at radius 3 is 0.922 bits per heavy atom. The highest BCUT2D eigenvalue weighted by Gasteiger charge is 2.18. The van der Waals surface area contributed by atoms with Crippen molar-refractivity contribution in [3.8, 4) is 0 Å². The lowest BCUT2D eigenvalue weighted by Crippen LogP contribution is -2.45. The summed E-state index contributed by atoms with van der Waals surface area (Å²) in [7, 11) is 0. The Hall–Kier alpha value is -1.66. The van der Waals surface area contributed by atoms with Crippen LogP contribution in [0, 0.1) is 0 Å². The number of unbranched alkanes of at least 4 members (excludes halogenated alkanes) is 53. The number of nitrogens with one attached hydrogen (secondary N) is 1. The maximum absolute atomic E-state index is 12.5. The van der Waals surface area contributed by atoms with Crippen molar-refractivity contribution in [1.82, 2.24) is 5.32 Å². The van der Waals surface area contributed by atoms with Gasteiger partial charge in [0.15, 0.2) is 0 Å². The van der Waals surface area contributed by atoms with Gasteiger partial charge in [-0.15, -0.1) is 0 Å². The first kappa shape index (κ1) is 75.3. The molecule has 0 aliphatic rings. The Kier molecular flexibility index (Phi) is 65.4. The lowest BCUT2D eigenvalue weighted by atomic mass is 10.0. The molecule has 0 spiro atoms. The predicted molar refractivity (Wildman–Crippen MR) is 338 cm³/mol. The topological polar surface area (TPSA) is 95.9 Å². The van der Waals surface area contributed by atoms with Gasteiger partial charge >= 0.3 is 5.97 Å². The molecule has 0 aliphatic carbocycles. The van der Waals surface area contributed by atoms with E-state index >= 15 is 0 Å². The number of allylic oxidation sites excluding steroid dienone is 3. The maximum atomic E-state index is 12.5. The fourth-order valence-corrected chi connectivity index (χ4v) is 11.1. The van der Waals surface area contributed by atoms with E-state index < -0.39 is 12.1 Å². The summed E-state index contributed by atoms with van der Waals surface area (Å²) in [6, 6.07) is -0.632. The summed E-state index contributed by atoms with van der Waals surface area (Å²) in [4.78, 5) is 24.6. The van der Waals surface area contributed by atoms with Gasteiger partial charge in [-0.3, -0.25) is 9.59 Å². The minimum atomic E-state index is -0.848. The minimum Gasteiger partial charge on any atom is -0.466 e. The molecule has 3 N–H and O–H groups in total. The first-order chi connectivity index (χ1) is 38.0. The second kappa shape index (κ2) is 66.8. The average molecular weight is 1080 g/mol. The number of amides is 1. The Balaban J connectivity index is 3.42. The molecule has 1 amide bonds. The lowest BCUT2D eigenvalue weighted by molar-refractivity contribution is -0.143. The molecule has 6 heteroatoms. The minimum absolute atomic E-state index is 0.0151. The van der Waals surface area contributed by atoms with Crippen molar-refractivity contribution in [3.05, 3.63) is 24.3 Å². The zero-order valence-corrected chi connectivity index (χ0v) is 52.2. The molecule has 0 fully saturated rings. The van der Waals surface area contributed by atoms with Crippen LogP contribution in [0.2, 0.25) is 0 Å². The summed E-state index contributed by atoms with van der Waals surface area (Å²) >= 11 is 0. The third kappa shape index (κ3) is 63.4. The number of esters is 1. The highest BCUT2D eigenvalue weighted by Crippen LogP contribution is 2.19. The van der Waals surface area contributed by atoms with Gasteiger partial charge in [-0.05, 0) is 57.8 Å². The molecule has 2 atom stereocenters. The summed E-state index contributed by atoms with van der Waals surface area (Å²) in [5, 5.41) is 23.2. The molecule has 6 nitrogen and oxygen atoms in total. The zero-order valence-electron chi connectivity index (χ0n) is 52.2. The molecule has 0 aromatic rings. The summed E-state index contributed by atoms with van der Waals surface area (Å²) in [6.07, 6.45) is 83.9. The zero-order chi connectivity index (χ0) is 55.7. The molecule has 0 radical (unpaired) electrons. The van der Waals surface area contributed by atoms with E-state index in [0.717, 1.165) is 38.5 Å². The van der Waals surface area contributed by atoms with Crippen LogP contribution >= 0.6 is 0 Å². The molecule has 2 unspecified atom stereocenters. The number of ether oxygens (including phenoxy) is 1. The maximum Gasteiger partial charge on any atom is 0.305 e. The van der Waals surface area contributed by atoms with Gasteiger partial charge in [0.25, 0.3) is 0 Å². The van der Waals surface area contributed by atoms with Crippen LogP contribution in [-0.2, 0) is 14.3 Å². The van der Waals surface area contributed by atoms with Crippen molar-refractivity contribution in [3.63, 3.8) is 0 Å². The van der Waals surface area contributed by atoms with Gasteiger partial charge in [-0.2, -0.15) is 0 Å². The van der Waals surface area contributed by atoms with Crippen LogP contribution in [0.4, 0.5) is 0 Å². The number of carbonyl (C=O) groups excluding carboxylic acids is 2. The number of aliphatic hydroxyl groups is 2. The molecule has 0 bridgehead atoms. The van der Waals surface area contributed by atoms with Crippen molar-refractivity contribution in [1.29, 1.82) is 0 Å². The van der Waals surface area contributed by atoms with E-state index in [1.54, 1.807) is 6.08 Å². The van der Waals surface area contributed by atoms with Crippen LogP contribution in [0.5, 0.6) is 0 Å². The summed E-state index contributed by atoms with van der Waals surface area (Å²) < 4.78 is 5.49. The fraction of sp³-hybridized carbons (Fsp3) is 0.915. The highest BCUT2D eigenvalue weighted by atomic mass is 16.5. The number of carbonyl (C=O) groups is 2. The molecule has 77 heavy (non-hydrogen) atoms. The SMILES string of the molecule is CCCCCCCCCCCCCCCCCCCCCC/C=C/C(O)C(CO)NC(=O)CCCCCCCCCC/C=C\CCCCCCCCCCCCCCOC(=O)CCCCCCCCCCCCCCCC. The predicted octanol–water partition coefficient (Wildman–Crippen LogP) is 22.5. The van der Waals surface area contributed by atoms with Crippen LogP contribution in [0.25, 0.3) is 0 Å². The van der Waals surface area contributed by atoms with Crippen molar-refractivity contribution >= 4 is 11.9 Å². The molecule has 0 aliphatic heterocycles. The number of aliphatic hydroxyl groups excluding tert-OH is 2. The molecule has 0 heterocycles. The van der Waals surface area contributed by atoms with E-state index in [-0.39, 0.29) is 18.5 Å². The smallest absolute Gasteiger partial charge is 0.305 e. The Morgan fingerprint density at radius 2 is 0.610 bits per heavy atom. The van der Waals surface area contributed by atoms with Gasteiger partial charge < -0.3 is 20.3 Å². The molecule has 0 saturated heterocycles. The third-order valence-electron chi connectivity index (χ3n) is 16.5. The van der Waals surface area contributed by atoms with Gasteiger partial charge in [-0.25, -0.2) is 0 Å². The van der Waals surface area contributed by atoms with Crippen LogP contribution in [0.3, 0.4) is 0 Å². The largest absolute Gasteiger partial charge is 0.466 e. The van der Waals surface area contributed by atoms with Crippen molar-refractivity contribution in [2.45, 2.75) is 405 Å². The van der Waals surface area contributed by atoms with E-state index in [9.17, 15) is 19.8 Å². The van der Waals surface area contributed by atoms with Gasteiger partial charge in [-0.1, -0.05) is 346 Å². The van der Waals surface area contributed by atoms with Crippen molar-refractivity contribution < 1.29 is 24.5 Å². The van der Waals surface area contributed by atoms with Crippen LogP contribution < -0.4 is 5.32 Å². The van der Waals surface area contributed by atoms with Gasteiger partial charge in [0, 0.05) is 12.8 Å². The van der Waals surface area contributed by atoms with Gasteiger partial charge in [0.1, 0.15) is 0 Å². The molecule has 0 aromatic heterocycles. The number of hydrogen-bond donors (Lipinski definition) is 3. The number of hydrogen-bond acceptors (Lipinski definition) is 5. The van der Waals surface area contributed by atoms with Crippen molar-refractivity contribution in [2.24, 2.45) is 0 Å². The van der Waals surface area contributed by atoms with E-state index in [4.69, 9.17) is 4.74 Å². The molecular formula is C71H137NO5. The summed E-state index contributed by atoms with van der Waals surface area (Å²) in [6.45, 7) is 4.94. The average Bonchev–Trinajstić information content (AvgIpc) is 3.43. The van der Waals surface area contributed by atoms with Crippen molar-refractivity contribution in [2.75, 3.05) is 13.2 Å². The Labute approximate surface area is 481 Å². The Morgan fingerprint density at radius 1 is 0.351 bits per heavy atom. The van der Waals surface area contributed by atoms with Gasteiger partial charge in [0.05, 0.1) is 25.4 Å². The summed E-state index contributed by atoms with van der Waals surface area (Å²) in [5.41, 5.74) is 0. The molecule has 0 aromatic carbocycles. The van der Waals surface area contributed by atoms with Crippen LogP contribution in [0.1, 0.15) is 393 Å². The monoisotopic (exact) mass is 1080 g/mol. The summed E-state index contributed by atoms with van der Waals surface area (Å²) in [5.74, 6) is -0.0533. The first-order valence-corrected chi connectivity index (χ1v) is 35.1. The van der Waals surface area contributed by atoms with Gasteiger partial charge in [0.2, 0.25) is 5.91 Å². The van der Waals surface area contributed by atoms with Crippen LogP contribution in [-0.4, -0.2) is 47.4 Å². The second-order valence-electron chi connectivity index (χ2n) is 24.2. The van der Waals surface area contributed by atoms with Crippen LogP contribution in [0.15, 0.2) is 24.3 Å². The van der Waals surface area contributed by atoms with E-state index in [1.165, 1.54) is 327 Å². The molecular weight excluding hydrogens is 947 g/mol. The Bertz CT molecular complexity index is 1200. The fourth-order valence-electron chi connectivity index (χ4n) is 11.1. The standard InChI is InChI=1S/C71H137NO5/c1-3-5-7-9-11-13-15-17-19-20-21-22-27-30-33-36-39-43-47-51-55-59-63-69(74)68(67-73)72-70(75)64-60-56-52-48-44-40-37-34-31-28-25-23-24-26-29-32-35-38-42-46-50-54-58-62-66-77-71(76)65-61-57-53-49-45-41-18-16-14-12-10-8-6-4-2/h25,28,59,63,68-69,73-74H,3-24,26-27,29-58,60-62,64-67H2,1-2H3,(H,72,75)/b28-25-,63-59+. The molecule has 0 rings (SSSR count). The molecule has 0 saturated carbocycles. The normalized spacial score (nSPS) is 12.6. The third-order valence-corrected chi connectivity index (χ3v) is 16.5.